The lowest BCUT2D eigenvalue weighted by Crippen LogP contribution is -2.52. The fraction of sp³-hybridized carbons (Fsp3) is 0.846. The van der Waals surface area contributed by atoms with Crippen LogP contribution in [0, 0.1) is 5.92 Å². The highest BCUT2D eigenvalue weighted by molar-refractivity contribution is 5.74. The Morgan fingerprint density at radius 3 is 2.68 bits per heavy atom. The number of hydrogen-bond acceptors (Lipinski definition) is 3. The minimum atomic E-state index is -0.845. The fourth-order valence-electron chi connectivity index (χ4n) is 2.34. The smallest absolute Gasteiger partial charge is 0.317 e. The minimum absolute atomic E-state index is 0.0493. The van der Waals surface area contributed by atoms with Crippen LogP contribution in [0.4, 0.5) is 4.79 Å². The molecule has 0 aliphatic carbocycles. The molecule has 0 aromatic heterocycles. The van der Waals surface area contributed by atoms with Gasteiger partial charge in [-0.05, 0) is 25.7 Å². The Hall–Kier alpha value is -1.30. The van der Waals surface area contributed by atoms with Crippen LogP contribution in [0.3, 0.4) is 0 Å². The van der Waals surface area contributed by atoms with E-state index in [1.165, 1.54) is 0 Å². The van der Waals surface area contributed by atoms with Gasteiger partial charge in [-0.3, -0.25) is 4.79 Å². The summed E-state index contributed by atoms with van der Waals surface area (Å²) in [6, 6.07) is -0.219. The molecule has 2 atom stereocenters. The van der Waals surface area contributed by atoms with Crippen molar-refractivity contribution in [2.24, 2.45) is 5.92 Å². The highest BCUT2D eigenvalue weighted by Crippen LogP contribution is 2.20. The quantitative estimate of drug-likeness (QED) is 0.697. The van der Waals surface area contributed by atoms with Gasteiger partial charge in [-0.15, -0.1) is 0 Å². The van der Waals surface area contributed by atoms with Crippen LogP contribution in [-0.2, 0) is 4.79 Å². The van der Waals surface area contributed by atoms with E-state index < -0.39 is 11.6 Å². The van der Waals surface area contributed by atoms with Crippen LogP contribution in [-0.4, -0.2) is 52.3 Å². The Morgan fingerprint density at radius 2 is 2.16 bits per heavy atom. The summed E-state index contributed by atoms with van der Waals surface area (Å²) in [4.78, 5) is 24.2. The van der Waals surface area contributed by atoms with Crippen LogP contribution in [0.5, 0.6) is 0 Å². The Kier molecular flexibility index (Phi) is 5.60. The molecule has 6 heteroatoms. The third kappa shape index (κ3) is 5.46. The molecule has 0 radical (unpaired) electrons. The first-order valence-corrected chi connectivity index (χ1v) is 6.81. The molecule has 1 aliphatic rings. The number of aliphatic carboxylic acids is 1. The number of urea groups is 1. The summed E-state index contributed by atoms with van der Waals surface area (Å²) in [6.45, 7) is 4.96. The largest absolute Gasteiger partial charge is 0.481 e. The van der Waals surface area contributed by atoms with Crippen LogP contribution >= 0.6 is 0 Å². The second kappa shape index (κ2) is 6.75. The molecular weight excluding hydrogens is 248 g/mol. The number of carbonyl (C=O) groups is 2. The van der Waals surface area contributed by atoms with E-state index in [1.807, 2.05) is 6.92 Å². The molecular formula is C13H24N2O4. The van der Waals surface area contributed by atoms with Crippen molar-refractivity contribution in [1.29, 1.82) is 0 Å². The average molecular weight is 272 g/mol. The zero-order chi connectivity index (χ0) is 14.5. The number of nitrogens with zero attached hydrogens (tertiary/aromatic N) is 1. The van der Waals surface area contributed by atoms with E-state index in [9.17, 15) is 14.7 Å². The van der Waals surface area contributed by atoms with Gasteiger partial charge in [-0.25, -0.2) is 4.79 Å². The highest BCUT2D eigenvalue weighted by atomic mass is 16.4. The Morgan fingerprint density at radius 1 is 1.47 bits per heavy atom. The van der Waals surface area contributed by atoms with Gasteiger partial charge in [0.2, 0.25) is 0 Å². The van der Waals surface area contributed by atoms with Crippen LogP contribution < -0.4 is 5.32 Å². The van der Waals surface area contributed by atoms with Gasteiger partial charge in [-0.2, -0.15) is 0 Å². The van der Waals surface area contributed by atoms with E-state index in [4.69, 9.17) is 5.11 Å². The van der Waals surface area contributed by atoms with Gasteiger partial charge in [0.25, 0.3) is 0 Å². The van der Waals surface area contributed by atoms with Crippen LogP contribution in [0.2, 0.25) is 0 Å². The normalized spacial score (nSPS) is 24.9. The SMILES string of the molecule is CCC(CNC(=O)N1CCCC(C)(O)C1)CC(=O)O. The molecule has 0 aromatic rings. The first kappa shape index (κ1) is 15.8. The van der Waals surface area contributed by atoms with Crippen LogP contribution in [0.1, 0.15) is 39.5 Å². The minimum Gasteiger partial charge on any atom is -0.481 e. The predicted molar refractivity (Wildman–Crippen MR) is 70.9 cm³/mol. The van der Waals surface area contributed by atoms with Crippen molar-refractivity contribution in [2.45, 2.75) is 45.1 Å². The second-order valence-corrected chi connectivity index (χ2v) is 5.58. The molecule has 1 fully saturated rings. The molecule has 3 N–H and O–H groups in total. The molecule has 0 aromatic carbocycles. The first-order valence-electron chi connectivity index (χ1n) is 6.81. The number of carboxylic acid groups (broad SMARTS) is 1. The van der Waals surface area contributed by atoms with Crippen molar-refractivity contribution < 1.29 is 19.8 Å². The van der Waals surface area contributed by atoms with E-state index in [0.717, 1.165) is 6.42 Å². The number of carbonyl (C=O) groups excluding carboxylic acids is 1. The summed E-state index contributed by atoms with van der Waals surface area (Å²) >= 11 is 0. The molecule has 0 spiro atoms. The number of hydrogen-bond donors (Lipinski definition) is 3. The fourth-order valence-corrected chi connectivity index (χ4v) is 2.34. The van der Waals surface area contributed by atoms with Gasteiger partial charge in [0.15, 0.2) is 0 Å². The van der Waals surface area contributed by atoms with Crippen molar-refractivity contribution in [3.05, 3.63) is 0 Å². The van der Waals surface area contributed by atoms with Crippen molar-refractivity contribution >= 4 is 12.0 Å². The number of aliphatic hydroxyl groups is 1. The van der Waals surface area contributed by atoms with Gasteiger partial charge in [0.1, 0.15) is 0 Å². The van der Waals surface area contributed by atoms with E-state index >= 15 is 0 Å². The van der Waals surface area contributed by atoms with E-state index in [1.54, 1.807) is 11.8 Å². The molecule has 1 rings (SSSR count). The van der Waals surface area contributed by atoms with E-state index in [2.05, 4.69) is 5.32 Å². The summed E-state index contributed by atoms with van der Waals surface area (Å²) in [6.07, 6.45) is 2.26. The molecule has 110 valence electrons. The molecule has 0 bridgehead atoms. The molecule has 2 unspecified atom stereocenters. The Labute approximate surface area is 113 Å². The summed E-state index contributed by atoms with van der Waals surface area (Å²) in [5.74, 6) is -0.895. The molecule has 1 heterocycles. The third-order valence-corrected chi connectivity index (χ3v) is 3.54. The maximum Gasteiger partial charge on any atom is 0.317 e. The second-order valence-electron chi connectivity index (χ2n) is 5.58. The maximum absolute atomic E-state index is 11.9. The summed E-state index contributed by atoms with van der Waals surface area (Å²) in [5, 5.41) is 21.4. The van der Waals surface area contributed by atoms with Crippen molar-refractivity contribution in [3.8, 4) is 0 Å². The zero-order valence-corrected chi connectivity index (χ0v) is 11.7. The number of piperidine rings is 1. The summed E-state index contributed by atoms with van der Waals surface area (Å²) in [5.41, 5.74) is -0.819. The highest BCUT2D eigenvalue weighted by Gasteiger charge is 2.30. The summed E-state index contributed by atoms with van der Waals surface area (Å²) < 4.78 is 0. The third-order valence-electron chi connectivity index (χ3n) is 3.54. The van der Waals surface area contributed by atoms with Gasteiger partial charge in [0, 0.05) is 19.5 Å². The van der Waals surface area contributed by atoms with Crippen molar-refractivity contribution in [1.82, 2.24) is 10.2 Å². The topological polar surface area (TPSA) is 89.9 Å². The lowest BCUT2D eigenvalue weighted by Gasteiger charge is -2.36. The molecule has 2 amide bonds. The number of likely N-dealkylation sites (tertiary alicyclic amines) is 1. The molecule has 1 saturated heterocycles. The Bertz CT molecular complexity index is 331. The van der Waals surface area contributed by atoms with Gasteiger partial charge >= 0.3 is 12.0 Å². The Balaban J connectivity index is 2.39. The maximum atomic E-state index is 11.9. The predicted octanol–water partition coefficient (Wildman–Crippen LogP) is 1.04. The van der Waals surface area contributed by atoms with Crippen molar-refractivity contribution in [3.63, 3.8) is 0 Å². The van der Waals surface area contributed by atoms with Crippen molar-refractivity contribution in [2.75, 3.05) is 19.6 Å². The zero-order valence-electron chi connectivity index (χ0n) is 11.7. The van der Waals surface area contributed by atoms with E-state index in [-0.39, 0.29) is 18.4 Å². The monoisotopic (exact) mass is 272 g/mol. The lowest BCUT2D eigenvalue weighted by atomic mass is 9.95. The van der Waals surface area contributed by atoms with Gasteiger partial charge in [-0.1, -0.05) is 13.3 Å². The average Bonchev–Trinajstić information content (AvgIpc) is 2.32. The molecule has 0 saturated carbocycles. The number of β-amino-alcohol motifs (C(OH)–C–C–N with tert-alkyl or cyclic N) is 1. The number of amides is 2. The number of nitrogens with one attached hydrogen (secondary N) is 1. The van der Waals surface area contributed by atoms with Crippen LogP contribution in [0.15, 0.2) is 0 Å². The first-order chi connectivity index (χ1) is 8.84. The van der Waals surface area contributed by atoms with E-state index in [0.29, 0.717) is 32.5 Å². The summed E-state index contributed by atoms with van der Waals surface area (Å²) in [7, 11) is 0. The van der Waals surface area contributed by atoms with Gasteiger partial charge < -0.3 is 20.4 Å². The lowest BCUT2D eigenvalue weighted by molar-refractivity contribution is -0.138. The number of rotatable bonds is 5. The standard InChI is InChI=1S/C13H24N2O4/c1-3-10(7-11(16)17)8-14-12(18)15-6-4-5-13(2,19)9-15/h10,19H,3-9H2,1-2H3,(H,14,18)(H,16,17). The molecule has 19 heavy (non-hydrogen) atoms. The number of carboxylic acids is 1. The molecule has 6 nitrogen and oxygen atoms in total. The molecule has 1 aliphatic heterocycles. The van der Waals surface area contributed by atoms with Gasteiger partial charge in [0.05, 0.1) is 12.1 Å². The van der Waals surface area contributed by atoms with Crippen LogP contribution in [0.25, 0.3) is 0 Å².